The number of thiophene rings is 1. The van der Waals surface area contributed by atoms with Crippen LogP contribution in [0.15, 0.2) is 40.3 Å². The number of rotatable bonds is 4. The molecular formula is C19H22N2O3S2. The molecule has 2 aromatic rings. The topological polar surface area (TPSA) is 75.6 Å². The molecule has 1 atom stereocenters. The number of benzene rings is 1. The van der Waals surface area contributed by atoms with Gasteiger partial charge in [-0.3, -0.25) is 4.79 Å². The molecule has 0 saturated heterocycles. The number of sulfone groups is 1. The summed E-state index contributed by atoms with van der Waals surface area (Å²) in [6.45, 7) is 4.01. The lowest BCUT2D eigenvalue weighted by Crippen LogP contribution is -2.18. The normalized spacial score (nSPS) is 17.7. The Kier molecular flexibility index (Phi) is 5.29. The van der Waals surface area contributed by atoms with Crippen molar-refractivity contribution in [2.45, 2.75) is 38.0 Å². The standard InChI is InChI=1S/C19H22N2O3S2/c1-12-4-9-17-15(10-12)11-18(25-17)19(22)21-20-13(2)14-5-7-16(8-6-14)26(3,23)24/h5-8,11-12H,4,9-10H2,1-3H3,(H,21,22)/b20-13-/t12-/m0/s1. The zero-order valence-corrected chi connectivity index (χ0v) is 16.7. The molecule has 0 radical (unpaired) electrons. The third-order valence-electron chi connectivity index (χ3n) is 4.58. The predicted molar refractivity (Wildman–Crippen MR) is 105 cm³/mol. The van der Waals surface area contributed by atoms with E-state index in [1.165, 1.54) is 23.1 Å². The Balaban J connectivity index is 1.70. The van der Waals surface area contributed by atoms with Gasteiger partial charge in [-0.25, -0.2) is 13.8 Å². The zero-order valence-electron chi connectivity index (χ0n) is 15.1. The van der Waals surface area contributed by atoms with Crippen molar-refractivity contribution in [3.05, 3.63) is 51.2 Å². The number of hydrazone groups is 1. The van der Waals surface area contributed by atoms with Gasteiger partial charge in [0.25, 0.3) is 5.91 Å². The Hall–Kier alpha value is -1.99. The van der Waals surface area contributed by atoms with Gasteiger partial charge >= 0.3 is 0 Å². The number of fused-ring (bicyclic) bond motifs is 1. The van der Waals surface area contributed by atoms with E-state index in [1.54, 1.807) is 42.5 Å². The molecular weight excluding hydrogens is 368 g/mol. The predicted octanol–water partition coefficient (Wildman–Crippen LogP) is 3.43. The minimum atomic E-state index is -3.22. The largest absolute Gasteiger partial charge is 0.281 e. The van der Waals surface area contributed by atoms with Crippen LogP contribution in [0.25, 0.3) is 0 Å². The van der Waals surface area contributed by atoms with E-state index in [1.807, 2.05) is 6.07 Å². The number of carbonyl (C=O) groups excluding carboxylic acids is 1. The van der Waals surface area contributed by atoms with Crippen LogP contribution >= 0.6 is 11.3 Å². The van der Waals surface area contributed by atoms with E-state index in [-0.39, 0.29) is 10.8 Å². The smallest absolute Gasteiger partial charge is 0.266 e. The van der Waals surface area contributed by atoms with Crippen molar-refractivity contribution in [2.75, 3.05) is 6.26 Å². The van der Waals surface area contributed by atoms with Crippen molar-refractivity contribution >= 4 is 32.8 Å². The van der Waals surface area contributed by atoms with Crippen LogP contribution in [0.5, 0.6) is 0 Å². The molecule has 0 fully saturated rings. The second kappa shape index (κ2) is 7.32. The lowest BCUT2D eigenvalue weighted by Gasteiger charge is -2.16. The van der Waals surface area contributed by atoms with Crippen molar-refractivity contribution in [2.24, 2.45) is 11.0 Å². The molecule has 1 N–H and O–H groups in total. The van der Waals surface area contributed by atoms with Gasteiger partial charge in [0.1, 0.15) is 0 Å². The van der Waals surface area contributed by atoms with Crippen LogP contribution < -0.4 is 5.43 Å². The minimum Gasteiger partial charge on any atom is -0.266 e. The van der Waals surface area contributed by atoms with Crippen LogP contribution in [-0.4, -0.2) is 26.3 Å². The van der Waals surface area contributed by atoms with E-state index in [4.69, 9.17) is 0 Å². The Labute approximate surface area is 158 Å². The van der Waals surface area contributed by atoms with Crippen LogP contribution in [0, 0.1) is 5.92 Å². The highest BCUT2D eigenvalue weighted by molar-refractivity contribution is 7.90. The molecule has 1 heterocycles. The average molecular weight is 391 g/mol. The Morgan fingerprint density at radius 2 is 1.96 bits per heavy atom. The van der Waals surface area contributed by atoms with E-state index in [2.05, 4.69) is 17.5 Å². The number of aryl methyl sites for hydroxylation is 1. The highest BCUT2D eigenvalue weighted by Crippen LogP contribution is 2.32. The maximum absolute atomic E-state index is 12.4. The summed E-state index contributed by atoms with van der Waals surface area (Å²) in [4.78, 5) is 14.6. The van der Waals surface area contributed by atoms with E-state index >= 15 is 0 Å². The number of amides is 1. The van der Waals surface area contributed by atoms with Gasteiger partial charge in [-0.1, -0.05) is 19.1 Å². The maximum Gasteiger partial charge on any atom is 0.281 e. The molecule has 26 heavy (non-hydrogen) atoms. The molecule has 1 aliphatic carbocycles. The number of carbonyl (C=O) groups is 1. The van der Waals surface area contributed by atoms with Crippen molar-refractivity contribution in [1.82, 2.24) is 5.43 Å². The third kappa shape index (κ3) is 4.22. The molecule has 1 amide bonds. The Morgan fingerprint density at radius 3 is 2.62 bits per heavy atom. The number of nitrogens with one attached hydrogen (secondary N) is 1. The van der Waals surface area contributed by atoms with Gasteiger partial charge in [-0.2, -0.15) is 5.10 Å². The number of hydrogen-bond donors (Lipinski definition) is 1. The van der Waals surface area contributed by atoms with E-state index in [0.717, 1.165) is 18.4 Å². The zero-order chi connectivity index (χ0) is 18.9. The summed E-state index contributed by atoms with van der Waals surface area (Å²) in [5, 5.41) is 4.16. The van der Waals surface area contributed by atoms with Gasteiger partial charge in [0, 0.05) is 11.1 Å². The molecule has 1 aromatic carbocycles. The van der Waals surface area contributed by atoms with Gasteiger partial charge in [-0.15, -0.1) is 11.3 Å². The van der Waals surface area contributed by atoms with Crippen LogP contribution in [0.1, 0.15) is 45.9 Å². The van der Waals surface area contributed by atoms with Gasteiger partial charge in [0.15, 0.2) is 9.84 Å². The maximum atomic E-state index is 12.4. The Bertz CT molecular complexity index is 957. The first-order valence-corrected chi connectivity index (χ1v) is 11.2. The van der Waals surface area contributed by atoms with Crippen molar-refractivity contribution in [3.8, 4) is 0 Å². The molecule has 1 aromatic heterocycles. The summed E-state index contributed by atoms with van der Waals surface area (Å²) < 4.78 is 23.0. The number of nitrogens with zero attached hydrogens (tertiary/aromatic N) is 1. The molecule has 1 aliphatic rings. The van der Waals surface area contributed by atoms with Gasteiger partial charge in [-0.05, 0) is 61.4 Å². The van der Waals surface area contributed by atoms with Gasteiger partial charge < -0.3 is 0 Å². The molecule has 0 aliphatic heterocycles. The fourth-order valence-electron chi connectivity index (χ4n) is 3.02. The highest BCUT2D eigenvalue weighted by atomic mass is 32.2. The molecule has 0 bridgehead atoms. The first-order chi connectivity index (χ1) is 12.2. The first kappa shape index (κ1) is 18.8. The van der Waals surface area contributed by atoms with Crippen LogP contribution in [0.2, 0.25) is 0 Å². The molecule has 0 unspecified atom stereocenters. The van der Waals surface area contributed by atoms with Crippen LogP contribution in [0.3, 0.4) is 0 Å². The molecule has 7 heteroatoms. The van der Waals surface area contributed by atoms with Crippen LogP contribution in [-0.2, 0) is 22.7 Å². The van der Waals surface area contributed by atoms with E-state index < -0.39 is 9.84 Å². The third-order valence-corrected chi connectivity index (χ3v) is 6.94. The molecule has 0 spiro atoms. The second-order valence-electron chi connectivity index (χ2n) is 6.84. The quantitative estimate of drug-likeness (QED) is 0.642. The fourth-order valence-corrected chi connectivity index (χ4v) is 4.74. The van der Waals surface area contributed by atoms with Crippen LogP contribution in [0.4, 0.5) is 0 Å². The number of hydrogen-bond acceptors (Lipinski definition) is 5. The van der Waals surface area contributed by atoms with E-state index in [9.17, 15) is 13.2 Å². The summed E-state index contributed by atoms with van der Waals surface area (Å²) in [6.07, 6.45) is 4.43. The Morgan fingerprint density at radius 1 is 1.27 bits per heavy atom. The summed E-state index contributed by atoms with van der Waals surface area (Å²) in [7, 11) is -3.22. The fraction of sp³-hybridized carbons (Fsp3) is 0.368. The average Bonchev–Trinajstić information content (AvgIpc) is 3.02. The van der Waals surface area contributed by atoms with Gasteiger partial charge in [0.05, 0.1) is 15.5 Å². The second-order valence-corrected chi connectivity index (χ2v) is 9.99. The van der Waals surface area contributed by atoms with Crippen molar-refractivity contribution < 1.29 is 13.2 Å². The summed E-state index contributed by atoms with van der Waals surface area (Å²) in [5.74, 6) is 0.465. The molecule has 5 nitrogen and oxygen atoms in total. The first-order valence-electron chi connectivity index (χ1n) is 8.50. The summed E-state index contributed by atoms with van der Waals surface area (Å²) in [5.41, 5.74) is 5.27. The molecule has 0 saturated carbocycles. The SMILES string of the molecule is C/C(=N/NC(=O)c1cc2c(s1)CC[C@H](C)C2)c1ccc(S(C)(=O)=O)cc1. The van der Waals surface area contributed by atoms with Crippen molar-refractivity contribution in [1.29, 1.82) is 0 Å². The van der Waals surface area contributed by atoms with Crippen molar-refractivity contribution in [3.63, 3.8) is 0 Å². The van der Waals surface area contributed by atoms with E-state index in [0.29, 0.717) is 16.5 Å². The highest BCUT2D eigenvalue weighted by Gasteiger charge is 2.20. The molecule has 3 rings (SSSR count). The lowest BCUT2D eigenvalue weighted by molar-refractivity contribution is 0.0959. The minimum absolute atomic E-state index is 0.204. The summed E-state index contributed by atoms with van der Waals surface area (Å²) in [6, 6.07) is 8.44. The van der Waals surface area contributed by atoms with Gasteiger partial charge in [0.2, 0.25) is 0 Å². The lowest BCUT2D eigenvalue weighted by atomic mass is 9.90. The summed E-state index contributed by atoms with van der Waals surface area (Å²) >= 11 is 1.55. The monoisotopic (exact) mass is 390 g/mol. The molecule has 138 valence electrons.